The second kappa shape index (κ2) is 8.01. The van der Waals surface area contributed by atoms with Gasteiger partial charge in [-0.05, 0) is 32.0 Å². The molecule has 0 aliphatic heterocycles. The van der Waals surface area contributed by atoms with E-state index in [1.165, 1.54) is 6.07 Å². The average Bonchev–Trinajstić information content (AvgIpc) is 2.91. The van der Waals surface area contributed by atoms with Gasteiger partial charge in [0, 0.05) is 24.5 Å². The fourth-order valence-corrected chi connectivity index (χ4v) is 2.70. The SMILES string of the molecule is CCNC(=NCc1cc(F)ccc1F)N(C)Cc1csc(C)n1. The molecular weight excluding hydrogens is 318 g/mol. The Hall–Kier alpha value is -2.02. The number of rotatable bonds is 5. The third-order valence-corrected chi connectivity index (χ3v) is 3.99. The average molecular weight is 338 g/mol. The van der Waals surface area contributed by atoms with Gasteiger partial charge in [-0.1, -0.05) is 0 Å². The maximum atomic E-state index is 13.7. The number of guanidine groups is 1. The van der Waals surface area contributed by atoms with Crippen molar-refractivity contribution in [2.45, 2.75) is 26.9 Å². The van der Waals surface area contributed by atoms with E-state index in [9.17, 15) is 8.78 Å². The summed E-state index contributed by atoms with van der Waals surface area (Å²) in [7, 11) is 1.89. The molecule has 0 atom stereocenters. The van der Waals surface area contributed by atoms with Gasteiger partial charge < -0.3 is 10.2 Å². The van der Waals surface area contributed by atoms with Gasteiger partial charge in [0.15, 0.2) is 5.96 Å². The molecule has 1 heterocycles. The lowest BCUT2D eigenvalue weighted by atomic mass is 10.2. The molecule has 1 aromatic heterocycles. The van der Waals surface area contributed by atoms with Gasteiger partial charge in [-0.25, -0.2) is 18.8 Å². The van der Waals surface area contributed by atoms with Crippen LogP contribution in [0.15, 0.2) is 28.6 Å². The van der Waals surface area contributed by atoms with E-state index in [0.717, 1.165) is 22.8 Å². The zero-order chi connectivity index (χ0) is 16.8. The number of halogens is 2. The van der Waals surface area contributed by atoms with Crippen molar-refractivity contribution in [2.75, 3.05) is 13.6 Å². The highest BCUT2D eigenvalue weighted by Crippen LogP contribution is 2.12. The predicted octanol–water partition coefficient (Wildman–Crippen LogP) is 3.33. The Morgan fingerprint density at radius 2 is 2.17 bits per heavy atom. The zero-order valence-corrected chi connectivity index (χ0v) is 14.3. The van der Waals surface area contributed by atoms with Crippen LogP contribution in [0.1, 0.15) is 23.2 Å². The van der Waals surface area contributed by atoms with Gasteiger partial charge in [0.2, 0.25) is 0 Å². The van der Waals surface area contributed by atoms with Crippen molar-refractivity contribution in [1.82, 2.24) is 15.2 Å². The fraction of sp³-hybridized carbons (Fsp3) is 0.375. The molecule has 0 amide bonds. The van der Waals surface area contributed by atoms with E-state index < -0.39 is 11.6 Å². The second-order valence-corrected chi connectivity index (χ2v) is 6.18. The Morgan fingerprint density at radius 3 is 2.83 bits per heavy atom. The molecule has 0 fully saturated rings. The molecule has 23 heavy (non-hydrogen) atoms. The Kier molecular flexibility index (Phi) is 6.04. The van der Waals surface area contributed by atoms with Crippen LogP contribution in [-0.4, -0.2) is 29.4 Å². The molecule has 0 aliphatic rings. The number of hydrogen-bond acceptors (Lipinski definition) is 3. The van der Waals surface area contributed by atoms with E-state index in [0.29, 0.717) is 19.0 Å². The van der Waals surface area contributed by atoms with Crippen LogP contribution in [0.2, 0.25) is 0 Å². The van der Waals surface area contributed by atoms with Gasteiger partial charge in [0.1, 0.15) is 11.6 Å². The highest BCUT2D eigenvalue weighted by molar-refractivity contribution is 7.09. The minimum atomic E-state index is -0.465. The predicted molar refractivity (Wildman–Crippen MR) is 89.5 cm³/mol. The first-order valence-corrected chi connectivity index (χ1v) is 8.22. The summed E-state index contributed by atoms with van der Waals surface area (Å²) in [5.41, 5.74) is 1.19. The fourth-order valence-electron chi connectivity index (χ4n) is 2.09. The number of aryl methyl sites for hydroxylation is 1. The van der Waals surface area contributed by atoms with Crippen molar-refractivity contribution >= 4 is 17.3 Å². The van der Waals surface area contributed by atoms with Gasteiger partial charge in [0.25, 0.3) is 0 Å². The third-order valence-electron chi connectivity index (χ3n) is 3.17. The van der Waals surface area contributed by atoms with E-state index in [1.54, 1.807) is 11.3 Å². The summed E-state index contributed by atoms with van der Waals surface area (Å²) < 4.78 is 26.9. The molecule has 124 valence electrons. The molecule has 4 nitrogen and oxygen atoms in total. The number of thiazole rings is 1. The largest absolute Gasteiger partial charge is 0.357 e. The van der Waals surface area contributed by atoms with Crippen molar-refractivity contribution in [2.24, 2.45) is 4.99 Å². The van der Waals surface area contributed by atoms with E-state index in [2.05, 4.69) is 15.3 Å². The van der Waals surface area contributed by atoms with Gasteiger partial charge in [-0.15, -0.1) is 11.3 Å². The lowest BCUT2D eigenvalue weighted by Gasteiger charge is -2.21. The lowest BCUT2D eigenvalue weighted by molar-refractivity contribution is 0.470. The molecule has 0 saturated carbocycles. The molecular formula is C16H20F2N4S. The van der Waals surface area contributed by atoms with Crippen molar-refractivity contribution < 1.29 is 8.78 Å². The molecule has 7 heteroatoms. The van der Waals surface area contributed by atoms with Crippen molar-refractivity contribution in [3.05, 3.63) is 51.5 Å². The summed E-state index contributed by atoms with van der Waals surface area (Å²) in [6.07, 6.45) is 0. The minimum absolute atomic E-state index is 0.0758. The molecule has 0 aliphatic carbocycles. The minimum Gasteiger partial charge on any atom is -0.357 e. The van der Waals surface area contributed by atoms with E-state index in [4.69, 9.17) is 0 Å². The molecule has 0 unspecified atom stereocenters. The van der Waals surface area contributed by atoms with Crippen LogP contribution in [0.5, 0.6) is 0 Å². The normalized spacial score (nSPS) is 11.6. The monoisotopic (exact) mass is 338 g/mol. The van der Waals surface area contributed by atoms with E-state index in [-0.39, 0.29) is 12.1 Å². The van der Waals surface area contributed by atoms with Crippen LogP contribution >= 0.6 is 11.3 Å². The van der Waals surface area contributed by atoms with E-state index in [1.807, 2.05) is 31.2 Å². The summed E-state index contributed by atoms with van der Waals surface area (Å²) in [6.45, 7) is 5.28. The maximum absolute atomic E-state index is 13.7. The quantitative estimate of drug-likeness (QED) is 0.671. The topological polar surface area (TPSA) is 40.5 Å². The summed E-state index contributed by atoms with van der Waals surface area (Å²) in [5, 5.41) is 6.16. The number of aromatic nitrogens is 1. The summed E-state index contributed by atoms with van der Waals surface area (Å²) in [4.78, 5) is 10.7. The zero-order valence-electron chi connectivity index (χ0n) is 13.4. The first-order valence-electron chi connectivity index (χ1n) is 7.34. The van der Waals surface area contributed by atoms with Crippen LogP contribution in [0.25, 0.3) is 0 Å². The standard InChI is InChI=1S/C16H20F2N4S/c1-4-19-16(22(3)9-14-10-23-11(2)21-14)20-8-12-7-13(17)5-6-15(12)18/h5-7,10H,4,8-9H2,1-3H3,(H,19,20). The third kappa shape index (κ3) is 4.99. The van der Waals surface area contributed by atoms with Crippen LogP contribution < -0.4 is 5.32 Å². The van der Waals surface area contributed by atoms with Gasteiger partial charge in [0.05, 0.1) is 23.8 Å². The van der Waals surface area contributed by atoms with Gasteiger partial charge >= 0.3 is 0 Å². The molecule has 1 N–H and O–H groups in total. The van der Waals surface area contributed by atoms with Crippen LogP contribution in [-0.2, 0) is 13.1 Å². The lowest BCUT2D eigenvalue weighted by Crippen LogP contribution is -2.38. The van der Waals surface area contributed by atoms with Crippen molar-refractivity contribution in [1.29, 1.82) is 0 Å². The summed E-state index contributed by atoms with van der Waals surface area (Å²) in [6, 6.07) is 3.39. The molecule has 0 saturated heterocycles. The Bertz CT molecular complexity index is 684. The smallest absolute Gasteiger partial charge is 0.194 e. The number of hydrogen-bond donors (Lipinski definition) is 1. The Morgan fingerprint density at radius 1 is 1.39 bits per heavy atom. The Labute approximate surface area is 138 Å². The maximum Gasteiger partial charge on any atom is 0.194 e. The summed E-state index contributed by atoms with van der Waals surface area (Å²) >= 11 is 1.60. The van der Waals surface area contributed by atoms with Crippen molar-refractivity contribution in [3.63, 3.8) is 0 Å². The number of nitrogens with one attached hydrogen (secondary N) is 1. The van der Waals surface area contributed by atoms with Gasteiger partial charge in [-0.2, -0.15) is 0 Å². The molecule has 0 radical (unpaired) electrons. The Balaban J connectivity index is 2.11. The van der Waals surface area contributed by atoms with Crippen LogP contribution in [0.4, 0.5) is 8.78 Å². The van der Waals surface area contributed by atoms with Crippen LogP contribution in [0.3, 0.4) is 0 Å². The van der Waals surface area contributed by atoms with Crippen LogP contribution in [0, 0.1) is 18.6 Å². The molecule has 1 aromatic carbocycles. The number of nitrogens with zero attached hydrogens (tertiary/aromatic N) is 3. The number of aliphatic imine (C=N–C) groups is 1. The molecule has 0 spiro atoms. The molecule has 2 aromatic rings. The number of benzene rings is 1. The first-order chi connectivity index (χ1) is 11.0. The highest BCUT2D eigenvalue weighted by Gasteiger charge is 2.10. The molecule has 0 bridgehead atoms. The second-order valence-electron chi connectivity index (χ2n) is 5.12. The van der Waals surface area contributed by atoms with Crippen molar-refractivity contribution in [3.8, 4) is 0 Å². The first kappa shape index (κ1) is 17.3. The molecule has 2 rings (SSSR count). The highest BCUT2D eigenvalue weighted by atomic mass is 32.1. The summed E-state index contributed by atoms with van der Waals surface area (Å²) in [5.74, 6) is -0.293. The van der Waals surface area contributed by atoms with Gasteiger partial charge in [-0.3, -0.25) is 0 Å². The van der Waals surface area contributed by atoms with E-state index >= 15 is 0 Å².